The molecule has 1 aromatic carbocycles. The minimum atomic E-state index is -0.210. The zero-order valence-electron chi connectivity index (χ0n) is 10.4. The summed E-state index contributed by atoms with van der Waals surface area (Å²) in [5.74, 6) is -0.210. The number of carbonyl (C=O) groups excluding carboxylic acids is 1. The van der Waals surface area contributed by atoms with Gasteiger partial charge in [-0.25, -0.2) is 0 Å². The van der Waals surface area contributed by atoms with Gasteiger partial charge in [-0.1, -0.05) is 6.07 Å². The van der Waals surface area contributed by atoms with Gasteiger partial charge in [-0.15, -0.1) is 0 Å². The molecule has 0 amide bonds. The van der Waals surface area contributed by atoms with E-state index in [4.69, 9.17) is 5.26 Å². The van der Waals surface area contributed by atoms with Gasteiger partial charge in [0.25, 0.3) is 0 Å². The monoisotopic (exact) mass is 310 g/mol. The molecule has 0 aliphatic carbocycles. The number of esters is 1. The largest absolute Gasteiger partial charge is 0.469 e. The van der Waals surface area contributed by atoms with Crippen molar-refractivity contribution >= 4 is 27.6 Å². The Kier molecular flexibility index (Phi) is 5.66. The first-order valence-corrected chi connectivity index (χ1v) is 6.36. The summed E-state index contributed by atoms with van der Waals surface area (Å²) in [7, 11) is 3.29. The second kappa shape index (κ2) is 7.02. The molecule has 18 heavy (non-hydrogen) atoms. The van der Waals surface area contributed by atoms with E-state index in [2.05, 4.69) is 26.7 Å². The summed E-state index contributed by atoms with van der Waals surface area (Å²) in [6.45, 7) is 0.695. The normalized spacial score (nSPS) is 9.67. The molecule has 0 aliphatic heterocycles. The van der Waals surface area contributed by atoms with Crippen LogP contribution in [0.4, 0.5) is 5.69 Å². The van der Waals surface area contributed by atoms with Crippen molar-refractivity contribution in [2.75, 3.05) is 25.6 Å². The number of rotatable bonds is 5. The van der Waals surface area contributed by atoms with E-state index in [0.717, 1.165) is 10.2 Å². The van der Waals surface area contributed by atoms with E-state index in [-0.39, 0.29) is 5.97 Å². The molecule has 0 spiro atoms. The molecule has 5 heteroatoms. The number of benzene rings is 1. The second-order valence-corrected chi connectivity index (χ2v) is 4.70. The number of anilines is 1. The molecule has 0 aromatic heterocycles. The highest BCUT2D eigenvalue weighted by Crippen LogP contribution is 2.26. The molecular weight excluding hydrogens is 296 g/mol. The Bertz CT molecular complexity index is 469. The van der Waals surface area contributed by atoms with Crippen molar-refractivity contribution in [1.82, 2.24) is 0 Å². The van der Waals surface area contributed by atoms with Crippen LogP contribution >= 0.6 is 15.9 Å². The number of hydrogen-bond acceptors (Lipinski definition) is 4. The van der Waals surface area contributed by atoms with Gasteiger partial charge < -0.3 is 9.64 Å². The molecule has 0 fully saturated rings. The zero-order valence-corrected chi connectivity index (χ0v) is 12.0. The molecule has 0 radical (unpaired) electrons. The van der Waals surface area contributed by atoms with Crippen LogP contribution in [0, 0.1) is 11.3 Å². The van der Waals surface area contributed by atoms with Gasteiger partial charge in [0, 0.05) is 24.5 Å². The fraction of sp³-hybridized carbons (Fsp3) is 0.385. The SMILES string of the molecule is COC(=O)CCCN(C)c1cccc(Br)c1C#N. The van der Waals surface area contributed by atoms with Crippen LogP contribution in [0.5, 0.6) is 0 Å². The molecule has 0 saturated carbocycles. The van der Waals surface area contributed by atoms with Crippen LogP contribution in [0.3, 0.4) is 0 Å². The Morgan fingerprint density at radius 2 is 2.28 bits per heavy atom. The van der Waals surface area contributed by atoms with Crippen molar-refractivity contribution in [3.8, 4) is 6.07 Å². The van der Waals surface area contributed by atoms with Gasteiger partial charge >= 0.3 is 5.97 Å². The first-order valence-electron chi connectivity index (χ1n) is 5.56. The molecule has 4 nitrogen and oxygen atoms in total. The summed E-state index contributed by atoms with van der Waals surface area (Å²) in [5.41, 5.74) is 1.47. The maximum absolute atomic E-state index is 11.0. The lowest BCUT2D eigenvalue weighted by Crippen LogP contribution is -2.20. The van der Waals surface area contributed by atoms with Gasteiger partial charge in [-0.05, 0) is 34.5 Å². The molecular formula is C13H15BrN2O2. The summed E-state index contributed by atoms with van der Waals surface area (Å²) < 4.78 is 5.36. The maximum atomic E-state index is 11.0. The van der Waals surface area contributed by atoms with E-state index in [1.165, 1.54) is 7.11 Å². The lowest BCUT2D eigenvalue weighted by molar-refractivity contribution is -0.140. The van der Waals surface area contributed by atoms with Crippen molar-refractivity contribution in [3.05, 3.63) is 28.2 Å². The summed E-state index contributed by atoms with van der Waals surface area (Å²) >= 11 is 3.35. The van der Waals surface area contributed by atoms with E-state index in [1.54, 1.807) is 0 Å². The van der Waals surface area contributed by atoms with E-state index in [1.807, 2.05) is 30.1 Å². The number of carbonyl (C=O) groups is 1. The van der Waals surface area contributed by atoms with Crippen molar-refractivity contribution in [2.24, 2.45) is 0 Å². The molecule has 0 heterocycles. The first-order chi connectivity index (χ1) is 8.60. The number of ether oxygens (including phenoxy) is 1. The Labute approximate surface area is 115 Å². The Morgan fingerprint density at radius 1 is 1.56 bits per heavy atom. The van der Waals surface area contributed by atoms with Crippen molar-refractivity contribution in [1.29, 1.82) is 5.26 Å². The quantitative estimate of drug-likeness (QED) is 0.785. The Morgan fingerprint density at radius 3 is 2.89 bits per heavy atom. The highest BCUT2D eigenvalue weighted by molar-refractivity contribution is 9.10. The van der Waals surface area contributed by atoms with Gasteiger partial charge in [0.2, 0.25) is 0 Å². The molecule has 0 bridgehead atoms. The number of nitrogens with zero attached hydrogens (tertiary/aromatic N) is 2. The lowest BCUT2D eigenvalue weighted by Gasteiger charge is -2.20. The Hall–Kier alpha value is -1.54. The topological polar surface area (TPSA) is 53.3 Å². The molecule has 96 valence electrons. The van der Waals surface area contributed by atoms with Crippen LogP contribution in [-0.4, -0.2) is 26.7 Å². The molecule has 1 rings (SSSR count). The van der Waals surface area contributed by atoms with E-state index < -0.39 is 0 Å². The van der Waals surface area contributed by atoms with Crippen LogP contribution in [-0.2, 0) is 9.53 Å². The fourth-order valence-electron chi connectivity index (χ4n) is 1.62. The summed E-state index contributed by atoms with van der Waals surface area (Å²) in [6.07, 6.45) is 1.08. The van der Waals surface area contributed by atoms with Gasteiger partial charge in [-0.3, -0.25) is 4.79 Å². The number of halogens is 1. The highest BCUT2D eigenvalue weighted by Gasteiger charge is 2.10. The molecule has 0 saturated heterocycles. The predicted molar refractivity (Wildman–Crippen MR) is 73.4 cm³/mol. The summed E-state index contributed by atoms with van der Waals surface area (Å²) in [4.78, 5) is 13.0. The third-order valence-corrected chi connectivity index (χ3v) is 3.28. The maximum Gasteiger partial charge on any atom is 0.305 e. The molecule has 0 N–H and O–H groups in total. The number of nitriles is 1. The second-order valence-electron chi connectivity index (χ2n) is 3.85. The van der Waals surface area contributed by atoms with Crippen LogP contribution < -0.4 is 4.90 Å². The van der Waals surface area contributed by atoms with Crippen molar-refractivity contribution in [2.45, 2.75) is 12.8 Å². The van der Waals surface area contributed by atoms with Gasteiger partial charge in [-0.2, -0.15) is 5.26 Å². The molecule has 1 aromatic rings. The Balaban J connectivity index is 2.68. The molecule has 0 unspecified atom stereocenters. The van der Waals surface area contributed by atoms with Crippen molar-refractivity contribution in [3.63, 3.8) is 0 Å². The van der Waals surface area contributed by atoms with Crippen LogP contribution in [0.1, 0.15) is 18.4 Å². The number of hydrogen-bond donors (Lipinski definition) is 0. The average molecular weight is 311 g/mol. The minimum absolute atomic E-state index is 0.210. The van der Waals surface area contributed by atoms with Crippen LogP contribution in [0.25, 0.3) is 0 Å². The third-order valence-electron chi connectivity index (χ3n) is 2.62. The molecule has 0 aliphatic rings. The molecule has 0 atom stereocenters. The number of methoxy groups -OCH3 is 1. The van der Waals surface area contributed by atoms with E-state index in [9.17, 15) is 4.79 Å². The predicted octanol–water partition coefficient (Wildman–Crippen LogP) is 2.71. The first kappa shape index (κ1) is 14.5. The van der Waals surface area contributed by atoms with Gasteiger partial charge in [0.1, 0.15) is 6.07 Å². The summed E-state index contributed by atoms with van der Waals surface area (Å²) in [5, 5.41) is 9.12. The van der Waals surface area contributed by atoms with E-state index >= 15 is 0 Å². The average Bonchev–Trinajstić information content (AvgIpc) is 2.37. The zero-order chi connectivity index (χ0) is 13.5. The summed E-state index contributed by atoms with van der Waals surface area (Å²) in [6, 6.07) is 7.79. The third kappa shape index (κ3) is 3.74. The lowest BCUT2D eigenvalue weighted by atomic mass is 10.1. The fourth-order valence-corrected chi connectivity index (χ4v) is 2.07. The van der Waals surface area contributed by atoms with Crippen molar-refractivity contribution < 1.29 is 9.53 Å². The minimum Gasteiger partial charge on any atom is -0.469 e. The highest BCUT2D eigenvalue weighted by atomic mass is 79.9. The van der Waals surface area contributed by atoms with Crippen LogP contribution in [0.15, 0.2) is 22.7 Å². The smallest absolute Gasteiger partial charge is 0.305 e. The van der Waals surface area contributed by atoms with Gasteiger partial charge in [0.15, 0.2) is 0 Å². The van der Waals surface area contributed by atoms with E-state index in [0.29, 0.717) is 24.9 Å². The van der Waals surface area contributed by atoms with Crippen LogP contribution in [0.2, 0.25) is 0 Å². The van der Waals surface area contributed by atoms with Gasteiger partial charge in [0.05, 0.1) is 18.4 Å². The standard InChI is InChI=1S/C13H15BrN2O2/c1-16(8-4-7-13(17)18-2)12-6-3-5-11(14)10(12)9-15/h3,5-6H,4,7-8H2,1-2H3.